The molecule has 1 aromatic rings. The molecule has 22 heavy (non-hydrogen) atoms. The fourth-order valence-corrected chi connectivity index (χ4v) is 3.10. The summed E-state index contributed by atoms with van der Waals surface area (Å²) in [4.78, 5) is 14.7. The fraction of sp³-hybridized carbons (Fsp3) is 0.588. The van der Waals surface area contributed by atoms with Crippen LogP contribution in [0.25, 0.3) is 0 Å². The molecule has 1 saturated heterocycles. The monoisotopic (exact) mass is 326 g/mol. The summed E-state index contributed by atoms with van der Waals surface area (Å²) in [7, 11) is 0. The van der Waals surface area contributed by atoms with Crippen LogP contribution in [0.1, 0.15) is 31.2 Å². The van der Waals surface area contributed by atoms with Gasteiger partial charge in [0.25, 0.3) is 0 Å². The summed E-state index contributed by atoms with van der Waals surface area (Å²) >= 11 is 0. The van der Waals surface area contributed by atoms with E-state index in [4.69, 9.17) is 0 Å². The Bertz CT molecular complexity index is 501. The molecule has 3 nitrogen and oxygen atoms in total. The molecule has 2 fully saturated rings. The smallest absolute Gasteiger partial charge is 0.226 e. The lowest BCUT2D eigenvalue weighted by atomic mass is 9.96. The number of hydrogen-bond acceptors (Lipinski definition) is 2. The molecule has 1 aromatic carbocycles. The molecular weight excluding hydrogens is 303 g/mol. The Hall–Kier alpha value is -1.13. The number of amides is 1. The van der Waals surface area contributed by atoms with Gasteiger partial charge >= 0.3 is 0 Å². The highest BCUT2D eigenvalue weighted by molar-refractivity contribution is 5.85. The Balaban J connectivity index is 0.00000176. The second kappa shape index (κ2) is 7.93. The first-order valence-corrected chi connectivity index (χ1v) is 7.99. The van der Waals surface area contributed by atoms with Crippen molar-refractivity contribution in [1.82, 2.24) is 10.2 Å². The van der Waals surface area contributed by atoms with Crippen molar-refractivity contribution in [3.63, 3.8) is 0 Å². The van der Waals surface area contributed by atoms with E-state index in [1.54, 1.807) is 12.1 Å². The van der Waals surface area contributed by atoms with Crippen molar-refractivity contribution in [3.8, 4) is 0 Å². The number of nitrogens with zero attached hydrogens (tertiary/aromatic N) is 1. The molecule has 1 aliphatic carbocycles. The normalized spacial score (nSPS) is 18.6. The quantitative estimate of drug-likeness (QED) is 0.902. The van der Waals surface area contributed by atoms with Crippen molar-refractivity contribution in [2.45, 2.75) is 38.1 Å². The third-order valence-corrected chi connectivity index (χ3v) is 4.49. The molecule has 0 aromatic heterocycles. The second-order valence-corrected chi connectivity index (χ2v) is 6.17. The predicted molar refractivity (Wildman–Crippen MR) is 87.7 cm³/mol. The van der Waals surface area contributed by atoms with Crippen LogP contribution in [0.15, 0.2) is 24.3 Å². The van der Waals surface area contributed by atoms with Gasteiger partial charge in [-0.3, -0.25) is 4.79 Å². The summed E-state index contributed by atoms with van der Waals surface area (Å²) in [5.41, 5.74) is 0.971. The van der Waals surface area contributed by atoms with E-state index in [0.717, 1.165) is 57.3 Å². The third kappa shape index (κ3) is 4.43. The Labute approximate surface area is 137 Å². The van der Waals surface area contributed by atoms with E-state index in [2.05, 4.69) is 10.2 Å². The first-order chi connectivity index (χ1) is 10.2. The number of carbonyl (C=O) groups excluding carboxylic acids is 1. The van der Waals surface area contributed by atoms with E-state index in [0.29, 0.717) is 11.9 Å². The zero-order valence-corrected chi connectivity index (χ0v) is 13.6. The van der Waals surface area contributed by atoms with E-state index in [9.17, 15) is 9.18 Å². The maximum atomic E-state index is 13.2. The van der Waals surface area contributed by atoms with E-state index in [1.807, 2.05) is 6.07 Å². The first kappa shape index (κ1) is 17.2. The van der Waals surface area contributed by atoms with Gasteiger partial charge in [-0.05, 0) is 62.9 Å². The average molecular weight is 327 g/mol. The number of carbonyl (C=O) groups is 1. The maximum Gasteiger partial charge on any atom is 0.226 e. The number of rotatable bonds is 5. The Kier molecular flexibility index (Phi) is 6.21. The number of hydrogen-bond donors (Lipinski definition) is 1. The Morgan fingerprint density at radius 1 is 1.23 bits per heavy atom. The van der Waals surface area contributed by atoms with Crippen molar-refractivity contribution in [2.24, 2.45) is 5.92 Å². The summed E-state index contributed by atoms with van der Waals surface area (Å²) in [6, 6.07) is 7.13. The summed E-state index contributed by atoms with van der Waals surface area (Å²) in [6.07, 6.45) is 4.88. The topological polar surface area (TPSA) is 32.3 Å². The molecule has 1 saturated carbocycles. The molecule has 2 aliphatic rings. The molecule has 5 heteroatoms. The Morgan fingerprint density at radius 2 is 1.95 bits per heavy atom. The molecule has 0 spiro atoms. The van der Waals surface area contributed by atoms with E-state index in [1.165, 1.54) is 6.07 Å². The minimum atomic E-state index is -0.199. The molecule has 0 radical (unpaired) electrons. The molecule has 1 aliphatic heterocycles. The summed E-state index contributed by atoms with van der Waals surface area (Å²) in [6.45, 7) is 2.61. The summed E-state index contributed by atoms with van der Waals surface area (Å²) < 4.78 is 13.2. The van der Waals surface area contributed by atoms with E-state index < -0.39 is 0 Å². The molecule has 0 bridgehead atoms. The van der Waals surface area contributed by atoms with Gasteiger partial charge in [0.05, 0.1) is 0 Å². The SMILES string of the molecule is Cl.O=C(C1CCNCC1)N(CCc1cccc(F)c1)C1CC1. The van der Waals surface area contributed by atoms with E-state index >= 15 is 0 Å². The molecule has 1 heterocycles. The number of benzene rings is 1. The van der Waals surface area contributed by atoms with Gasteiger partial charge in [0.1, 0.15) is 5.82 Å². The van der Waals surface area contributed by atoms with Crippen LogP contribution in [0.4, 0.5) is 4.39 Å². The lowest BCUT2D eigenvalue weighted by molar-refractivity contribution is -0.136. The molecule has 3 rings (SSSR count). The molecule has 1 N–H and O–H groups in total. The fourth-order valence-electron chi connectivity index (χ4n) is 3.10. The van der Waals surface area contributed by atoms with Crippen LogP contribution in [0.5, 0.6) is 0 Å². The van der Waals surface area contributed by atoms with Crippen molar-refractivity contribution in [1.29, 1.82) is 0 Å². The van der Waals surface area contributed by atoms with Gasteiger partial charge in [-0.1, -0.05) is 12.1 Å². The van der Waals surface area contributed by atoms with Crippen molar-refractivity contribution in [2.75, 3.05) is 19.6 Å². The molecule has 1 amide bonds. The van der Waals surface area contributed by atoms with Crippen LogP contribution in [-0.4, -0.2) is 36.5 Å². The van der Waals surface area contributed by atoms with Gasteiger partial charge in [0, 0.05) is 18.5 Å². The van der Waals surface area contributed by atoms with Crippen LogP contribution in [-0.2, 0) is 11.2 Å². The summed E-state index contributed by atoms with van der Waals surface area (Å²) in [5, 5.41) is 3.31. The van der Waals surface area contributed by atoms with Gasteiger partial charge in [-0.15, -0.1) is 12.4 Å². The molecule has 0 unspecified atom stereocenters. The highest BCUT2D eigenvalue weighted by Gasteiger charge is 2.35. The summed E-state index contributed by atoms with van der Waals surface area (Å²) in [5.74, 6) is 0.296. The van der Waals surface area contributed by atoms with Crippen molar-refractivity contribution >= 4 is 18.3 Å². The number of piperidine rings is 1. The predicted octanol–water partition coefficient (Wildman–Crippen LogP) is 2.78. The molecular formula is C17H24ClFN2O. The zero-order valence-electron chi connectivity index (χ0n) is 12.8. The third-order valence-electron chi connectivity index (χ3n) is 4.49. The Morgan fingerprint density at radius 3 is 2.59 bits per heavy atom. The van der Waals surface area contributed by atoms with E-state index in [-0.39, 0.29) is 24.1 Å². The maximum absolute atomic E-state index is 13.2. The molecule has 0 atom stereocenters. The van der Waals surface area contributed by atoms with Crippen molar-refractivity contribution in [3.05, 3.63) is 35.6 Å². The molecule has 122 valence electrons. The standard InChI is InChI=1S/C17H23FN2O.ClH/c18-15-3-1-2-13(12-15)8-11-20(16-4-5-16)17(21)14-6-9-19-10-7-14;/h1-3,12,14,16,19H,4-11H2;1H. The number of halogens is 2. The minimum Gasteiger partial charge on any atom is -0.339 e. The van der Waals surface area contributed by atoms with Gasteiger partial charge in [-0.25, -0.2) is 4.39 Å². The minimum absolute atomic E-state index is 0. The van der Waals surface area contributed by atoms with Gasteiger partial charge in [0.2, 0.25) is 5.91 Å². The van der Waals surface area contributed by atoms with Gasteiger partial charge in [0.15, 0.2) is 0 Å². The van der Waals surface area contributed by atoms with Crippen molar-refractivity contribution < 1.29 is 9.18 Å². The zero-order chi connectivity index (χ0) is 14.7. The first-order valence-electron chi connectivity index (χ1n) is 7.99. The number of nitrogens with one attached hydrogen (secondary N) is 1. The highest BCUT2D eigenvalue weighted by atomic mass is 35.5. The second-order valence-electron chi connectivity index (χ2n) is 6.17. The average Bonchev–Trinajstić information content (AvgIpc) is 3.33. The van der Waals surface area contributed by atoms with Gasteiger partial charge < -0.3 is 10.2 Å². The van der Waals surface area contributed by atoms with Crippen LogP contribution < -0.4 is 5.32 Å². The van der Waals surface area contributed by atoms with Gasteiger partial charge in [-0.2, -0.15) is 0 Å². The van der Waals surface area contributed by atoms with Crippen LogP contribution in [0.3, 0.4) is 0 Å². The van der Waals surface area contributed by atoms with Crippen LogP contribution in [0.2, 0.25) is 0 Å². The largest absolute Gasteiger partial charge is 0.339 e. The highest BCUT2D eigenvalue weighted by Crippen LogP contribution is 2.30. The van der Waals surface area contributed by atoms with Crippen LogP contribution >= 0.6 is 12.4 Å². The lowest BCUT2D eigenvalue weighted by Crippen LogP contribution is -2.43. The lowest BCUT2D eigenvalue weighted by Gasteiger charge is -2.30. The van der Waals surface area contributed by atoms with Crippen LogP contribution in [0, 0.1) is 11.7 Å².